The number of ether oxygens (including phenoxy) is 2. The van der Waals surface area contributed by atoms with Crippen LogP contribution in [-0.2, 0) is 28.7 Å². The van der Waals surface area contributed by atoms with Crippen molar-refractivity contribution in [3.63, 3.8) is 0 Å². The maximum Gasteiger partial charge on any atom is 0.303 e. The molecule has 0 saturated carbocycles. The highest BCUT2D eigenvalue weighted by Gasteiger charge is 2.39. The van der Waals surface area contributed by atoms with E-state index in [4.69, 9.17) is 9.47 Å². The van der Waals surface area contributed by atoms with E-state index in [1.165, 1.54) is 0 Å². The molecule has 0 spiro atoms. The van der Waals surface area contributed by atoms with Gasteiger partial charge in [-0.1, -0.05) is 24.3 Å². The van der Waals surface area contributed by atoms with Crippen LogP contribution in [0.5, 0.6) is 0 Å². The van der Waals surface area contributed by atoms with Gasteiger partial charge in [-0.15, -0.1) is 0 Å². The summed E-state index contributed by atoms with van der Waals surface area (Å²) in [5, 5.41) is 5.16. The molecule has 2 aromatic carbocycles. The van der Waals surface area contributed by atoms with Gasteiger partial charge in [0.25, 0.3) is 11.8 Å². The van der Waals surface area contributed by atoms with Crippen molar-refractivity contribution in [2.45, 2.75) is 39.9 Å². The molecule has 2 amide bonds. The molecule has 158 valence electrons. The van der Waals surface area contributed by atoms with E-state index in [1.54, 1.807) is 36.4 Å². The zero-order valence-electron chi connectivity index (χ0n) is 17.2. The average molecular weight is 412 g/mol. The number of hydrogen-bond donors (Lipinski definition) is 2. The molecule has 8 heteroatoms. The lowest BCUT2D eigenvalue weighted by molar-refractivity contribution is -0.171. The maximum atomic E-state index is 12.8. The van der Waals surface area contributed by atoms with Gasteiger partial charge in [-0.25, -0.2) is 0 Å². The first-order valence-electron chi connectivity index (χ1n) is 9.25. The molecule has 0 fully saturated rings. The number of esters is 2. The van der Waals surface area contributed by atoms with Crippen molar-refractivity contribution in [2.24, 2.45) is 0 Å². The Morgan fingerprint density at radius 3 is 1.37 bits per heavy atom. The minimum absolute atomic E-state index is 0.442. The number of anilines is 2. The van der Waals surface area contributed by atoms with Crippen molar-refractivity contribution < 1.29 is 28.7 Å². The van der Waals surface area contributed by atoms with E-state index in [-0.39, 0.29) is 0 Å². The summed E-state index contributed by atoms with van der Waals surface area (Å²) in [6, 6.07) is 13.9. The largest absolute Gasteiger partial charge is 0.448 e. The van der Waals surface area contributed by atoms with Crippen molar-refractivity contribution in [3.05, 3.63) is 59.7 Å². The fourth-order valence-corrected chi connectivity index (χ4v) is 2.74. The Morgan fingerprint density at radius 1 is 0.700 bits per heavy atom. The molecule has 2 rings (SSSR count). The van der Waals surface area contributed by atoms with Gasteiger partial charge in [0.2, 0.25) is 12.2 Å². The van der Waals surface area contributed by atoms with Crippen LogP contribution in [0, 0.1) is 13.8 Å². The third-order valence-electron chi connectivity index (χ3n) is 3.95. The molecule has 0 unspecified atom stereocenters. The number of rotatable bonds is 7. The molecule has 0 aliphatic rings. The van der Waals surface area contributed by atoms with Crippen LogP contribution in [-0.4, -0.2) is 36.0 Å². The average Bonchev–Trinajstić information content (AvgIpc) is 2.64. The molecular formula is C22H24N2O6. The van der Waals surface area contributed by atoms with Gasteiger partial charge in [0.15, 0.2) is 0 Å². The highest BCUT2D eigenvalue weighted by atomic mass is 16.6. The fourth-order valence-electron chi connectivity index (χ4n) is 2.74. The van der Waals surface area contributed by atoms with E-state index in [0.717, 1.165) is 25.0 Å². The van der Waals surface area contributed by atoms with E-state index in [1.807, 2.05) is 26.0 Å². The Hall–Kier alpha value is -3.68. The van der Waals surface area contributed by atoms with E-state index < -0.39 is 36.0 Å². The Morgan fingerprint density at radius 2 is 1.07 bits per heavy atom. The minimum Gasteiger partial charge on any atom is -0.448 e. The number of hydrogen-bond acceptors (Lipinski definition) is 6. The Balaban J connectivity index is 2.30. The summed E-state index contributed by atoms with van der Waals surface area (Å²) in [5.74, 6) is -3.22. The van der Waals surface area contributed by atoms with E-state index in [9.17, 15) is 19.2 Å². The first-order valence-corrected chi connectivity index (χ1v) is 9.25. The predicted molar refractivity (Wildman–Crippen MR) is 111 cm³/mol. The number of benzene rings is 2. The lowest BCUT2D eigenvalue weighted by Crippen LogP contribution is -2.49. The molecule has 2 aromatic rings. The topological polar surface area (TPSA) is 111 Å². The molecule has 8 nitrogen and oxygen atoms in total. The molecule has 30 heavy (non-hydrogen) atoms. The zero-order valence-corrected chi connectivity index (χ0v) is 17.2. The molecule has 0 aliphatic heterocycles. The van der Waals surface area contributed by atoms with Gasteiger partial charge in [-0.3, -0.25) is 19.2 Å². The number of aryl methyl sites for hydroxylation is 2. The standard InChI is InChI=1S/C22H24N2O6/c1-13-7-5-9-17(11-13)23-21(27)19(29-15(3)25)20(30-16(4)26)22(28)24-18-10-6-8-14(2)12-18/h5-12,19-20H,1-4H3,(H,23,27)(H,24,28)/t19-,20-/m1/s1. The Kier molecular flexibility index (Phi) is 7.69. The fraction of sp³-hybridized carbons (Fsp3) is 0.273. The number of nitrogens with one attached hydrogen (secondary N) is 2. The van der Waals surface area contributed by atoms with Gasteiger partial charge >= 0.3 is 11.9 Å². The zero-order chi connectivity index (χ0) is 22.3. The summed E-state index contributed by atoms with van der Waals surface area (Å²) < 4.78 is 10.1. The summed E-state index contributed by atoms with van der Waals surface area (Å²) in [6.07, 6.45) is -3.37. The summed E-state index contributed by atoms with van der Waals surface area (Å²) in [4.78, 5) is 48.9. The summed E-state index contributed by atoms with van der Waals surface area (Å²) >= 11 is 0. The monoisotopic (exact) mass is 412 g/mol. The second-order valence-electron chi connectivity index (χ2n) is 6.78. The minimum atomic E-state index is -1.68. The molecular weight excluding hydrogens is 388 g/mol. The van der Waals surface area contributed by atoms with Crippen LogP contribution in [0.15, 0.2) is 48.5 Å². The van der Waals surface area contributed by atoms with Gasteiger partial charge in [0, 0.05) is 25.2 Å². The van der Waals surface area contributed by atoms with Gasteiger partial charge in [0.05, 0.1) is 0 Å². The van der Waals surface area contributed by atoms with Crippen LogP contribution in [0.1, 0.15) is 25.0 Å². The lowest BCUT2D eigenvalue weighted by atomic mass is 10.1. The second kappa shape index (κ2) is 10.2. The first kappa shape index (κ1) is 22.6. The van der Waals surface area contributed by atoms with Crippen LogP contribution >= 0.6 is 0 Å². The van der Waals surface area contributed by atoms with Crippen LogP contribution in [0.3, 0.4) is 0 Å². The van der Waals surface area contributed by atoms with E-state index in [2.05, 4.69) is 10.6 Å². The Labute approximate surface area is 174 Å². The molecule has 0 aliphatic carbocycles. The molecule has 0 saturated heterocycles. The van der Waals surface area contributed by atoms with Crippen molar-refractivity contribution in [1.29, 1.82) is 0 Å². The van der Waals surface area contributed by atoms with Crippen LogP contribution < -0.4 is 10.6 Å². The first-order chi connectivity index (χ1) is 14.2. The molecule has 0 heterocycles. The van der Waals surface area contributed by atoms with Gasteiger partial charge in [-0.05, 0) is 49.2 Å². The highest BCUT2D eigenvalue weighted by molar-refractivity contribution is 6.03. The van der Waals surface area contributed by atoms with E-state index in [0.29, 0.717) is 11.4 Å². The second-order valence-corrected chi connectivity index (χ2v) is 6.78. The number of carbonyl (C=O) groups excluding carboxylic acids is 4. The highest BCUT2D eigenvalue weighted by Crippen LogP contribution is 2.16. The van der Waals surface area contributed by atoms with Crippen molar-refractivity contribution in [1.82, 2.24) is 0 Å². The van der Waals surface area contributed by atoms with Crippen LogP contribution in [0.25, 0.3) is 0 Å². The molecule has 2 atom stereocenters. The third-order valence-corrected chi connectivity index (χ3v) is 3.95. The number of amides is 2. The summed E-state index contributed by atoms with van der Waals surface area (Å²) in [5.41, 5.74) is 2.67. The quantitative estimate of drug-likeness (QED) is 0.677. The van der Waals surface area contributed by atoms with Crippen molar-refractivity contribution in [2.75, 3.05) is 10.6 Å². The maximum absolute atomic E-state index is 12.8. The van der Waals surface area contributed by atoms with Crippen LogP contribution in [0.4, 0.5) is 11.4 Å². The SMILES string of the molecule is CC(=O)O[C@@H](C(=O)Nc1cccc(C)c1)[C@@H](OC(C)=O)C(=O)Nc1cccc(C)c1. The van der Waals surface area contributed by atoms with Gasteiger partial charge < -0.3 is 20.1 Å². The Bertz CT molecular complexity index is 879. The number of carbonyl (C=O) groups is 4. The normalized spacial score (nSPS) is 12.3. The van der Waals surface area contributed by atoms with E-state index >= 15 is 0 Å². The molecule has 0 aromatic heterocycles. The summed E-state index contributed by atoms with van der Waals surface area (Å²) in [6.45, 7) is 5.87. The van der Waals surface area contributed by atoms with Crippen LogP contribution in [0.2, 0.25) is 0 Å². The smallest absolute Gasteiger partial charge is 0.303 e. The lowest BCUT2D eigenvalue weighted by Gasteiger charge is -2.25. The molecule has 0 bridgehead atoms. The molecule has 2 N–H and O–H groups in total. The van der Waals surface area contributed by atoms with Gasteiger partial charge in [-0.2, -0.15) is 0 Å². The predicted octanol–water partition coefficient (Wildman–Crippen LogP) is 2.74. The van der Waals surface area contributed by atoms with Gasteiger partial charge in [0.1, 0.15) is 0 Å². The third kappa shape index (κ3) is 6.73. The summed E-state index contributed by atoms with van der Waals surface area (Å²) in [7, 11) is 0. The van der Waals surface area contributed by atoms with Crippen molar-refractivity contribution >= 4 is 35.1 Å². The molecule has 0 radical (unpaired) electrons. The van der Waals surface area contributed by atoms with Crippen molar-refractivity contribution in [3.8, 4) is 0 Å².